The van der Waals surface area contributed by atoms with Crippen molar-refractivity contribution >= 4 is 15.9 Å². The van der Waals surface area contributed by atoms with E-state index in [9.17, 15) is 13.2 Å². The van der Waals surface area contributed by atoms with Gasteiger partial charge in [-0.25, -0.2) is 13.1 Å². The number of nitrogens with one attached hydrogen (secondary N) is 3. The molecule has 0 bridgehead atoms. The highest BCUT2D eigenvalue weighted by atomic mass is 32.2. The number of carbonyl (C=O) groups is 1. The fourth-order valence-electron chi connectivity index (χ4n) is 2.90. The second kappa shape index (κ2) is 8.03. The molecule has 140 valence electrons. The summed E-state index contributed by atoms with van der Waals surface area (Å²) < 4.78 is 37.0. The third-order valence-electron chi connectivity index (χ3n) is 4.34. The number of hydrogen-bond acceptors (Lipinski definition) is 6. The van der Waals surface area contributed by atoms with Gasteiger partial charge >= 0.3 is 0 Å². The zero-order valence-electron chi connectivity index (χ0n) is 14.9. The summed E-state index contributed by atoms with van der Waals surface area (Å²) in [5.74, 6) is -0.0400. The molecule has 25 heavy (non-hydrogen) atoms. The standard InChI is InChI=1S/C16H25N3O5S/c1-10(13-6-5-7-18-13)19-16(20)12-8-11(25(21,22)17-2)9-14(23-3)15(12)24-4/h8-10,13,17-18H,5-7H2,1-4H3,(H,19,20). The van der Waals surface area contributed by atoms with Gasteiger partial charge in [-0.2, -0.15) is 0 Å². The first-order valence-electron chi connectivity index (χ1n) is 8.07. The lowest BCUT2D eigenvalue weighted by atomic mass is 10.1. The molecule has 1 fully saturated rings. The Morgan fingerprint density at radius 1 is 1.32 bits per heavy atom. The molecule has 9 heteroatoms. The van der Waals surface area contributed by atoms with E-state index < -0.39 is 15.9 Å². The van der Waals surface area contributed by atoms with E-state index >= 15 is 0 Å². The molecule has 1 aromatic rings. The van der Waals surface area contributed by atoms with Crippen LogP contribution < -0.4 is 24.8 Å². The van der Waals surface area contributed by atoms with Gasteiger partial charge in [0.1, 0.15) is 0 Å². The molecule has 1 aliphatic heterocycles. The quantitative estimate of drug-likeness (QED) is 0.644. The minimum Gasteiger partial charge on any atom is -0.493 e. The number of hydrogen-bond donors (Lipinski definition) is 3. The van der Waals surface area contributed by atoms with Crippen molar-refractivity contribution in [1.82, 2.24) is 15.4 Å². The Kier molecular flexibility index (Phi) is 6.26. The molecule has 1 aromatic carbocycles. The lowest BCUT2D eigenvalue weighted by Gasteiger charge is -2.22. The SMILES string of the molecule is CNS(=O)(=O)c1cc(OC)c(OC)c(C(=O)NC(C)C2CCCN2)c1. The lowest BCUT2D eigenvalue weighted by molar-refractivity contribution is 0.0929. The van der Waals surface area contributed by atoms with Crippen molar-refractivity contribution in [3.8, 4) is 11.5 Å². The van der Waals surface area contributed by atoms with E-state index in [-0.39, 0.29) is 34.0 Å². The summed E-state index contributed by atoms with van der Waals surface area (Å²) in [6.45, 7) is 2.84. The summed E-state index contributed by atoms with van der Waals surface area (Å²) in [5, 5.41) is 6.24. The van der Waals surface area contributed by atoms with Crippen molar-refractivity contribution in [2.75, 3.05) is 27.8 Å². The molecule has 0 aromatic heterocycles. The first kappa shape index (κ1) is 19.5. The zero-order valence-corrected chi connectivity index (χ0v) is 15.7. The van der Waals surface area contributed by atoms with Gasteiger partial charge in [0.2, 0.25) is 10.0 Å². The van der Waals surface area contributed by atoms with Crippen molar-refractivity contribution in [2.45, 2.75) is 36.7 Å². The molecule has 1 saturated heterocycles. The summed E-state index contributed by atoms with van der Waals surface area (Å²) in [5.41, 5.74) is 0.112. The van der Waals surface area contributed by atoms with Crippen LogP contribution in [0, 0.1) is 0 Å². The first-order chi connectivity index (χ1) is 11.8. The van der Waals surface area contributed by atoms with Crippen LogP contribution in [-0.2, 0) is 10.0 Å². The highest BCUT2D eigenvalue weighted by Crippen LogP contribution is 2.34. The lowest BCUT2D eigenvalue weighted by Crippen LogP contribution is -2.45. The van der Waals surface area contributed by atoms with Gasteiger partial charge in [-0.3, -0.25) is 4.79 Å². The largest absolute Gasteiger partial charge is 0.493 e. The van der Waals surface area contributed by atoms with E-state index in [0.717, 1.165) is 19.4 Å². The van der Waals surface area contributed by atoms with Gasteiger partial charge in [0.25, 0.3) is 5.91 Å². The van der Waals surface area contributed by atoms with Crippen molar-refractivity contribution in [2.24, 2.45) is 0 Å². The van der Waals surface area contributed by atoms with E-state index in [0.29, 0.717) is 0 Å². The molecule has 1 amide bonds. The van der Waals surface area contributed by atoms with Crippen molar-refractivity contribution in [3.05, 3.63) is 17.7 Å². The van der Waals surface area contributed by atoms with Crippen molar-refractivity contribution < 1.29 is 22.7 Å². The number of amides is 1. The third-order valence-corrected chi connectivity index (χ3v) is 5.73. The van der Waals surface area contributed by atoms with Crippen LogP contribution in [-0.4, -0.2) is 54.2 Å². The fourth-order valence-corrected chi connectivity index (χ4v) is 3.68. The fraction of sp³-hybridized carbons (Fsp3) is 0.562. The summed E-state index contributed by atoms with van der Waals surface area (Å²) in [6, 6.07) is 2.71. The molecule has 1 aliphatic rings. The molecule has 0 aliphatic carbocycles. The molecule has 0 spiro atoms. The summed E-state index contributed by atoms with van der Waals surface area (Å²) in [7, 11) is 0.366. The third kappa shape index (κ3) is 4.23. The smallest absolute Gasteiger partial charge is 0.255 e. The Hall–Kier alpha value is -1.84. The molecule has 3 N–H and O–H groups in total. The molecule has 2 atom stereocenters. The Morgan fingerprint density at radius 2 is 2.04 bits per heavy atom. The topological polar surface area (TPSA) is 106 Å². The summed E-state index contributed by atoms with van der Waals surface area (Å²) >= 11 is 0. The second-order valence-electron chi connectivity index (χ2n) is 5.88. The van der Waals surface area contributed by atoms with E-state index in [4.69, 9.17) is 9.47 Å². The Balaban J connectivity index is 2.39. The number of sulfonamides is 1. The highest BCUT2D eigenvalue weighted by molar-refractivity contribution is 7.89. The van der Waals surface area contributed by atoms with E-state index in [1.54, 1.807) is 0 Å². The average molecular weight is 371 g/mol. The summed E-state index contributed by atoms with van der Waals surface area (Å²) in [4.78, 5) is 12.7. The van der Waals surface area contributed by atoms with E-state index in [1.807, 2.05) is 6.92 Å². The van der Waals surface area contributed by atoms with Crippen LogP contribution >= 0.6 is 0 Å². The van der Waals surface area contributed by atoms with Crippen LogP contribution in [0.25, 0.3) is 0 Å². The Bertz CT molecular complexity index is 730. The van der Waals surface area contributed by atoms with E-state index in [1.165, 1.54) is 33.4 Å². The first-order valence-corrected chi connectivity index (χ1v) is 9.56. The van der Waals surface area contributed by atoms with Crippen LogP contribution in [0.2, 0.25) is 0 Å². The predicted molar refractivity (Wildman–Crippen MR) is 93.7 cm³/mol. The normalized spacial score (nSPS) is 18.6. The van der Waals surface area contributed by atoms with Gasteiger partial charge in [-0.15, -0.1) is 0 Å². The van der Waals surface area contributed by atoms with Gasteiger partial charge in [0.05, 0.1) is 24.7 Å². The zero-order chi connectivity index (χ0) is 18.6. The maximum atomic E-state index is 12.7. The van der Waals surface area contributed by atoms with Crippen LogP contribution in [0.3, 0.4) is 0 Å². The number of rotatable bonds is 7. The van der Waals surface area contributed by atoms with Gasteiger partial charge in [0, 0.05) is 18.2 Å². The minimum absolute atomic E-state index is 0.0653. The molecule has 0 radical (unpaired) electrons. The maximum Gasteiger partial charge on any atom is 0.255 e. The molecule has 1 heterocycles. The number of methoxy groups -OCH3 is 2. The molecular weight excluding hydrogens is 346 g/mol. The van der Waals surface area contributed by atoms with Crippen LogP contribution in [0.5, 0.6) is 11.5 Å². The number of benzene rings is 1. The van der Waals surface area contributed by atoms with Gasteiger partial charge in [-0.1, -0.05) is 0 Å². The summed E-state index contributed by atoms with van der Waals surface area (Å²) in [6.07, 6.45) is 2.05. The van der Waals surface area contributed by atoms with Crippen LogP contribution in [0.15, 0.2) is 17.0 Å². The average Bonchev–Trinajstić information content (AvgIpc) is 3.14. The molecule has 2 rings (SSSR count). The van der Waals surface area contributed by atoms with Gasteiger partial charge < -0.3 is 20.1 Å². The van der Waals surface area contributed by atoms with Crippen LogP contribution in [0.4, 0.5) is 0 Å². The number of carbonyl (C=O) groups excluding carboxylic acids is 1. The Labute approximate surface area is 148 Å². The Morgan fingerprint density at radius 3 is 2.56 bits per heavy atom. The monoisotopic (exact) mass is 371 g/mol. The van der Waals surface area contributed by atoms with Crippen molar-refractivity contribution in [1.29, 1.82) is 0 Å². The van der Waals surface area contributed by atoms with Crippen molar-refractivity contribution in [3.63, 3.8) is 0 Å². The number of ether oxygens (including phenoxy) is 2. The maximum absolute atomic E-state index is 12.7. The molecule has 8 nitrogen and oxygen atoms in total. The molecule has 0 saturated carbocycles. The van der Waals surface area contributed by atoms with Gasteiger partial charge in [-0.05, 0) is 39.4 Å². The second-order valence-corrected chi connectivity index (χ2v) is 7.77. The molecular formula is C16H25N3O5S. The van der Waals surface area contributed by atoms with Gasteiger partial charge in [0.15, 0.2) is 11.5 Å². The molecule has 2 unspecified atom stereocenters. The predicted octanol–water partition coefficient (Wildman–Crippen LogP) is 0.482. The minimum atomic E-state index is -3.73. The van der Waals surface area contributed by atoms with E-state index in [2.05, 4.69) is 15.4 Å². The highest BCUT2D eigenvalue weighted by Gasteiger charge is 2.27. The van der Waals surface area contributed by atoms with Crippen LogP contribution in [0.1, 0.15) is 30.1 Å².